The molecule has 0 aliphatic heterocycles. The Morgan fingerprint density at radius 1 is 1.04 bits per heavy atom. The highest BCUT2D eigenvalue weighted by Crippen LogP contribution is 2.19. The molecule has 1 heterocycles. The first-order valence-corrected chi connectivity index (χ1v) is 8.25. The monoisotopic (exact) mass is 350 g/mol. The Balaban J connectivity index is 1.77. The summed E-state index contributed by atoms with van der Waals surface area (Å²) in [5.41, 5.74) is 1.69. The van der Waals surface area contributed by atoms with E-state index in [0.29, 0.717) is 17.3 Å². The Morgan fingerprint density at radius 3 is 2.54 bits per heavy atom. The maximum Gasteiger partial charge on any atom is 0.274 e. The van der Waals surface area contributed by atoms with Crippen LogP contribution in [0.1, 0.15) is 34.8 Å². The summed E-state index contributed by atoms with van der Waals surface area (Å²) < 4.78 is 13.3. The predicted octanol–water partition coefficient (Wildman–Crippen LogP) is 4.35. The lowest BCUT2D eigenvalue weighted by atomic mass is 10.1. The molecule has 132 valence electrons. The van der Waals surface area contributed by atoms with E-state index in [4.69, 9.17) is 0 Å². The maximum atomic E-state index is 13.3. The van der Waals surface area contributed by atoms with Gasteiger partial charge in [0.05, 0.1) is 0 Å². The molecule has 0 aliphatic carbocycles. The number of hydrogen-bond acceptors (Lipinski definition) is 4. The molecule has 0 radical (unpaired) electrons. The Kier molecular flexibility index (Phi) is 5.22. The van der Waals surface area contributed by atoms with Crippen LogP contribution in [0.15, 0.2) is 60.7 Å². The summed E-state index contributed by atoms with van der Waals surface area (Å²) >= 11 is 0. The molecule has 2 N–H and O–H groups in total. The van der Waals surface area contributed by atoms with Gasteiger partial charge >= 0.3 is 0 Å². The van der Waals surface area contributed by atoms with Gasteiger partial charge < -0.3 is 10.6 Å². The predicted molar refractivity (Wildman–Crippen MR) is 99.6 cm³/mol. The minimum Gasteiger partial charge on any atom is -0.363 e. The van der Waals surface area contributed by atoms with Gasteiger partial charge in [-0.3, -0.25) is 4.79 Å². The minimum absolute atomic E-state index is 0.0182. The molecule has 1 amide bonds. The minimum atomic E-state index is -0.420. The number of nitrogens with one attached hydrogen (secondary N) is 2. The SMILES string of the molecule is Cc1nc(NC(C)c2ccccc2)cc(C(=O)Nc2cccc(F)c2)n1. The van der Waals surface area contributed by atoms with Gasteiger partial charge in [-0.05, 0) is 37.6 Å². The summed E-state index contributed by atoms with van der Waals surface area (Å²) in [5, 5.41) is 5.92. The molecule has 1 aromatic heterocycles. The molecular weight excluding hydrogens is 331 g/mol. The molecule has 0 spiro atoms. The molecule has 26 heavy (non-hydrogen) atoms. The smallest absolute Gasteiger partial charge is 0.274 e. The zero-order valence-corrected chi connectivity index (χ0v) is 14.5. The van der Waals surface area contributed by atoms with Crippen LogP contribution < -0.4 is 10.6 Å². The van der Waals surface area contributed by atoms with E-state index >= 15 is 0 Å². The second-order valence-corrected chi connectivity index (χ2v) is 5.93. The van der Waals surface area contributed by atoms with Crippen LogP contribution in [0, 0.1) is 12.7 Å². The Bertz CT molecular complexity index is 915. The van der Waals surface area contributed by atoms with Crippen LogP contribution in [0.25, 0.3) is 0 Å². The first-order valence-electron chi connectivity index (χ1n) is 8.25. The molecule has 0 fully saturated rings. The van der Waals surface area contributed by atoms with Gasteiger partial charge in [0.15, 0.2) is 0 Å². The van der Waals surface area contributed by atoms with Gasteiger partial charge in [-0.15, -0.1) is 0 Å². The number of rotatable bonds is 5. The van der Waals surface area contributed by atoms with Gasteiger partial charge in [-0.2, -0.15) is 0 Å². The third-order valence-electron chi connectivity index (χ3n) is 3.82. The lowest BCUT2D eigenvalue weighted by Crippen LogP contribution is -2.16. The summed E-state index contributed by atoms with van der Waals surface area (Å²) in [4.78, 5) is 21.0. The first-order chi connectivity index (χ1) is 12.5. The molecule has 0 aliphatic rings. The van der Waals surface area contributed by atoms with Crippen LogP contribution in [0.3, 0.4) is 0 Å². The summed E-state index contributed by atoms with van der Waals surface area (Å²) in [5.74, 6) is 0.190. The zero-order chi connectivity index (χ0) is 18.5. The van der Waals surface area contributed by atoms with Crippen molar-refractivity contribution in [3.05, 3.63) is 83.6 Å². The fourth-order valence-corrected chi connectivity index (χ4v) is 2.57. The van der Waals surface area contributed by atoms with Crippen LogP contribution in [0.5, 0.6) is 0 Å². The molecule has 1 atom stereocenters. The molecule has 3 aromatic rings. The summed E-state index contributed by atoms with van der Waals surface area (Å²) in [7, 11) is 0. The van der Waals surface area contributed by atoms with E-state index in [9.17, 15) is 9.18 Å². The Hall–Kier alpha value is -3.28. The number of carbonyl (C=O) groups excluding carboxylic acids is 1. The average Bonchev–Trinajstić information content (AvgIpc) is 2.62. The number of aryl methyl sites for hydroxylation is 1. The second kappa shape index (κ2) is 7.74. The van der Waals surface area contributed by atoms with Crippen molar-refractivity contribution < 1.29 is 9.18 Å². The van der Waals surface area contributed by atoms with E-state index in [-0.39, 0.29) is 11.7 Å². The van der Waals surface area contributed by atoms with E-state index in [1.165, 1.54) is 18.2 Å². The fourth-order valence-electron chi connectivity index (χ4n) is 2.57. The van der Waals surface area contributed by atoms with Crippen LogP contribution in [0.4, 0.5) is 15.9 Å². The zero-order valence-electron chi connectivity index (χ0n) is 14.5. The maximum absolute atomic E-state index is 13.3. The molecule has 2 aromatic carbocycles. The van der Waals surface area contributed by atoms with Crippen LogP contribution in [-0.2, 0) is 0 Å². The van der Waals surface area contributed by atoms with E-state index in [1.807, 2.05) is 37.3 Å². The van der Waals surface area contributed by atoms with Crippen LogP contribution in [-0.4, -0.2) is 15.9 Å². The highest BCUT2D eigenvalue weighted by atomic mass is 19.1. The third-order valence-corrected chi connectivity index (χ3v) is 3.82. The summed E-state index contributed by atoms with van der Waals surface area (Å²) in [6, 6.07) is 17.3. The van der Waals surface area contributed by atoms with E-state index in [1.54, 1.807) is 19.1 Å². The second-order valence-electron chi connectivity index (χ2n) is 5.93. The highest BCUT2D eigenvalue weighted by molar-refractivity contribution is 6.03. The van der Waals surface area contributed by atoms with Gasteiger partial charge in [0.1, 0.15) is 23.2 Å². The molecule has 6 heteroatoms. The quantitative estimate of drug-likeness (QED) is 0.718. The topological polar surface area (TPSA) is 66.9 Å². The van der Waals surface area contributed by atoms with Gasteiger partial charge in [0, 0.05) is 17.8 Å². The van der Waals surface area contributed by atoms with Crippen molar-refractivity contribution in [2.24, 2.45) is 0 Å². The van der Waals surface area contributed by atoms with Crippen molar-refractivity contribution >= 4 is 17.4 Å². The Labute approximate surface area is 151 Å². The summed E-state index contributed by atoms with van der Waals surface area (Å²) in [6.07, 6.45) is 0. The van der Waals surface area contributed by atoms with Gasteiger partial charge in [-0.1, -0.05) is 36.4 Å². The molecule has 5 nitrogen and oxygen atoms in total. The fraction of sp³-hybridized carbons (Fsp3) is 0.150. The van der Waals surface area contributed by atoms with Crippen molar-refractivity contribution in [2.45, 2.75) is 19.9 Å². The average molecular weight is 350 g/mol. The Morgan fingerprint density at radius 2 is 1.81 bits per heavy atom. The lowest BCUT2D eigenvalue weighted by molar-refractivity contribution is 0.102. The first kappa shape index (κ1) is 17.5. The van der Waals surface area contributed by atoms with Gasteiger partial charge in [0.25, 0.3) is 5.91 Å². The molecule has 0 saturated heterocycles. The highest BCUT2D eigenvalue weighted by Gasteiger charge is 2.13. The standard InChI is InChI=1S/C20H19FN4O/c1-13(15-7-4-3-5-8-15)22-19-12-18(23-14(2)24-19)20(26)25-17-10-6-9-16(21)11-17/h3-13H,1-2H3,(H,25,26)(H,22,23,24). The number of benzene rings is 2. The molecule has 0 bridgehead atoms. The molecule has 3 rings (SSSR count). The number of aromatic nitrogens is 2. The molecular formula is C20H19FN4O. The normalized spacial score (nSPS) is 11.7. The molecule has 1 unspecified atom stereocenters. The number of amides is 1. The van der Waals surface area contributed by atoms with Crippen molar-refractivity contribution in [3.8, 4) is 0 Å². The van der Waals surface area contributed by atoms with Crippen molar-refractivity contribution in [3.63, 3.8) is 0 Å². The third kappa shape index (κ3) is 4.42. The van der Waals surface area contributed by atoms with Crippen LogP contribution in [0.2, 0.25) is 0 Å². The van der Waals surface area contributed by atoms with Crippen molar-refractivity contribution in [1.29, 1.82) is 0 Å². The van der Waals surface area contributed by atoms with Crippen molar-refractivity contribution in [2.75, 3.05) is 10.6 Å². The summed E-state index contributed by atoms with van der Waals surface area (Å²) in [6.45, 7) is 3.73. The number of halogens is 1. The van der Waals surface area contributed by atoms with E-state index in [0.717, 1.165) is 5.56 Å². The number of nitrogens with zero attached hydrogens (tertiary/aromatic N) is 2. The lowest BCUT2D eigenvalue weighted by Gasteiger charge is -2.16. The van der Waals surface area contributed by atoms with E-state index in [2.05, 4.69) is 20.6 Å². The van der Waals surface area contributed by atoms with Gasteiger partial charge in [-0.25, -0.2) is 14.4 Å². The number of carbonyl (C=O) groups is 1. The van der Waals surface area contributed by atoms with Crippen molar-refractivity contribution in [1.82, 2.24) is 9.97 Å². The van der Waals surface area contributed by atoms with Gasteiger partial charge in [0.2, 0.25) is 0 Å². The molecule has 0 saturated carbocycles. The largest absolute Gasteiger partial charge is 0.363 e. The number of anilines is 2. The van der Waals surface area contributed by atoms with E-state index < -0.39 is 11.7 Å². The number of hydrogen-bond donors (Lipinski definition) is 2. The van der Waals surface area contributed by atoms with Crippen LogP contribution >= 0.6 is 0 Å².